The van der Waals surface area contributed by atoms with Crippen LogP contribution in [0.2, 0.25) is 0 Å². The standard InChI is InChI=1S/C15H13N5/c1-19(2)13-7-8-14-17-10-18-20(14)15(13)12-5-3-11(9-16)4-6-12/h3-8,10H,1-2H3. The van der Waals surface area contributed by atoms with Crippen molar-refractivity contribution in [3.63, 3.8) is 0 Å². The zero-order chi connectivity index (χ0) is 14.1. The topological polar surface area (TPSA) is 57.2 Å². The van der Waals surface area contributed by atoms with Crippen molar-refractivity contribution in [1.82, 2.24) is 14.6 Å². The van der Waals surface area contributed by atoms with Crippen molar-refractivity contribution < 1.29 is 0 Å². The molecule has 0 unspecified atom stereocenters. The molecule has 0 aliphatic carbocycles. The smallest absolute Gasteiger partial charge is 0.156 e. The Morgan fingerprint density at radius 1 is 1.10 bits per heavy atom. The second-order valence-corrected chi connectivity index (χ2v) is 4.68. The first kappa shape index (κ1) is 12.2. The van der Waals surface area contributed by atoms with Gasteiger partial charge in [-0.3, -0.25) is 0 Å². The van der Waals surface area contributed by atoms with E-state index in [2.05, 4.69) is 16.2 Å². The number of aromatic nitrogens is 3. The lowest BCUT2D eigenvalue weighted by Gasteiger charge is -2.18. The lowest BCUT2D eigenvalue weighted by atomic mass is 10.1. The molecule has 0 aliphatic rings. The molecule has 0 saturated carbocycles. The highest BCUT2D eigenvalue weighted by atomic mass is 15.3. The van der Waals surface area contributed by atoms with Gasteiger partial charge in [0, 0.05) is 19.7 Å². The maximum Gasteiger partial charge on any atom is 0.156 e. The molecule has 5 heteroatoms. The number of nitriles is 1. The van der Waals surface area contributed by atoms with Gasteiger partial charge in [0.25, 0.3) is 0 Å². The van der Waals surface area contributed by atoms with Crippen molar-refractivity contribution in [3.05, 3.63) is 48.3 Å². The molecule has 3 rings (SSSR count). The van der Waals surface area contributed by atoms with Crippen LogP contribution in [0.4, 0.5) is 5.69 Å². The highest BCUT2D eigenvalue weighted by molar-refractivity contribution is 5.77. The van der Waals surface area contributed by atoms with Gasteiger partial charge in [0.2, 0.25) is 0 Å². The molecule has 0 atom stereocenters. The molecular formula is C15H13N5. The molecule has 1 aromatic carbocycles. The molecule has 0 aliphatic heterocycles. The van der Waals surface area contributed by atoms with E-state index >= 15 is 0 Å². The van der Waals surface area contributed by atoms with E-state index in [1.165, 1.54) is 0 Å². The van der Waals surface area contributed by atoms with Gasteiger partial charge in [-0.2, -0.15) is 10.4 Å². The van der Waals surface area contributed by atoms with Gasteiger partial charge in [-0.15, -0.1) is 0 Å². The summed E-state index contributed by atoms with van der Waals surface area (Å²) in [6.45, 7) is 0. The van der Waals surface area contributed by atoms with Crippen molar-refractivity contribution in [1.29, 1.82) is 5.26 Å². The average Bonchev–Trinajstić information content (AvgIpc) is 2.94. The summed E-state index contributed by atoms with van der Waals surface area (Å²) in [7, 11) is 3.98. The lowest BCUT2D eigenvalue weighted by Crippen LogP contribution is -2.12. The molecule has 0 bridgehead atoms. The number of anilines is 1. The van der Waals surface area contributed by atoms with Crippen LogP contribution < -0.4 is 4.90 Å². The van der Waals surface area contributed by atoms with E-state index in [4.69, 9.17) is 5.26 Å². The van der Waals surface area contributed by atoms with Gasteiger partial charge in [-0.1, -0.05) is 12.1 Å². The van der Waals surface area contributed by atoms with Crippen LogP contribution in [0.3, 0.4) is 0 Å². The highest BCUT2D eigenvalue weighted by Crippen LogP contribution is 2.30. The molecule has 0 saturated heterocycles. The summed E-state index contributed by atoms with van der Waals surface area (Å²) in [4.78, 5) is 6.26. The van der Waals surface area contributed by atoms with Crippen LogP contribution in [0.15, 0.2) is 42.7 Å². The molecular weight excluding hydrogens is 250 g/mol. The van der Waals surface area contributed by atoms with Gasteiger partial charge in [0.15, 0.2) is 5.65 Å². The molecule has 0 amide bonds. The minimum atomic E-state index is 0.644. The molecule has 0 spiro atoms. The van der Waals surface area contributed by atoms with Crippen LogP contribution in [0.25, 0.3) is 16.9 Å². The molecule has 0 N–H and O–H groups in total. The third-order valence-electron chi connectivity index (χ3n) is 3.19. The zero-order valence-electron chi connectivity index (χ0n) is 11.3. The van der Waals surface area contributed by atoms with E-state index in [-0.39, 0.29) is 0 Å². The largest absolute Gasteiger partial charge is 0.376 e. The van der Waals surface area contributed by atoms with Crippen LogP contribution in [-0.2, 0) is 0 Å². The lowest BCUT2D eigenvalue weighted by molar-refractivity contribution is 0.958. The summed E-state index contributed by atoms with van der Waals surface area (Å²) in [5, 5.41) is 13.2. The Balaban J connectivity index is 2.29. The second-order valence-electron chi connectivity index (χ2n) is 4.68. The van der Waals surface area contributed by atoms with E-state index in [0.29, 0.717) is 5.56 Å². The van der Waals surface area contributed by atoms with E-state index in [0.717, 1.165) is 22.6 Å². The number of fused-ring (bicyclic) bond motifs is 1. The minimum Gasteiger partial charge on any atom is -0.376 e. The Hall–Kier alpha value is -2.87. The van der Waals surface area contributed by atoms with Crippen molar-refractivity contribution >= 4 is 11.3 Å². The fourth-order valence-electron chi connectivity index (χ4n) is 2.21. The summed E-state index contributed by atoms with van der Waals surface area (Å²) >= 11 is 0. The summed E-state index contributed by atoms with van der Waals surface area (Å²) in [5.74, 6) is 0. The Morgan fingerprint density at radius 3 is 2.50 bits per heavy atom. The number of hydrogen-bond acceptors (Lipinski definition) is 4. The third-order valence-corrected chi connectivity index (χ3v) is 3.19. The molecule has 5 nitrogen and oxygen atoms in total. The van der Waals surface area contributed by atoms with Crippen molar-refractivity contribution in [2.75, 3.05) is 19.0 Å². The first-order chi connectivity index (χ1) is 9.70. The third kappa shape index (κ3) is 1.88. The van der Waals surface area contributed by atoms with E-state index in [1.54, 1.807) is 6.33 Å². The van der Waals surface area contributed by atoms with Crippen LogP contribution in [-0.4, -0.2) is 28.7 Å². The fourth-order valence-corrected chi connectivity index (χ4v) is 2.21. The minimum absolute atomic E-state index is 0.644. The maximum atomic E-state index is 8.89. The van der Waals surface area contributed by atoms with Crippen LogP contribution in [0, 0.1) is 11.3 Å². The Morgan fingerprint density at radius 2 is 1.85 bits per heavy atom. The molecule has 3 aromatic rings. The number of nitrogens with zero attached hydrogens (tertiary/aromatic N) is 5. The van der Waals surface area contributed by atoms with Crippen LogP contribution >= 0.6 is 0 Å². The van der Waals surface area contributed by atoms with Crippen molar-refractivity contribution in [2.45, 2.75) is 0 Å². The van der Waals surface area contributed by atoms with Crippen molar-refractivity contribution in [3.8, 4) is 17.3 Å². The summed E-state index contributed by atoms with van der Waals surface area (Å²) in [6.07, 6.45) is 1.54. The molecule has 98 valence electrons. The molecule has 0 fully saturated rings. The van der Waals surface area contributed by atoms with Gasteiger partial charge in [0.05, 0.1) is 23.0 Å². The molecule has 2 aromatic heterocycles. The number of benzene rings is 1. The summed E-state index contributed by atoms with van der Waals surface area (Å²) < 4.78 is 1.82. The first-order valence-corrected chi connectivity index (χ1v) is 6.21. The predicted octanol–water partition coefficient (Wildman–Crippen LogP) is 2.33. The number of hydrogen-bond donors (Lipinski definition) is 0. The maximum absolute atomic E-state index is 8.89. The Bertz CT molecular complexity index is 793. The normalized spacial score (nSPS) is 10.4. The van der Waals surface area contributed by atoms with E-state index < -0.39 is 0 Å². The van der Waals surface area contributed by atoms with E-state index in [9.17, 15) is 0 Å². The fraction of sp³-hybridized carbons (Fsp3) is 0.133. The monoisotopic (exact) mass is 263 g/mol. The zero-order valence-corrected chi connectivity index (χ0v) is 11.3. The summed E-state index contributed by atoms with van der Waals surface area (Å²) in [5.41, 5.74) is 4.46. The van der Waals surface area contributed by atoms with Gasteiger partial charge >= 0.3 is 0 Å². The van der Waals surface area contributed by atoms with Crippen molar-refractivity contribution in [2.24, 2.45) is 0 Å². The number of rotatable bonds is 2. The van der Waals surface area contributed by atoms with Gasteiger partial charge in [-0.25, -0.2) is 9.50 Å². The predicted molar refractivity (Wildman–Crippen MR) is 77.5 cm³/mol. The van der Waals surface area contributed by atoms with Crippen LogP contribution in [0.5, 0.6) is 0 Å². The van der Waals surface area contributed by atoms with Gasteiger partial charge in [-0.05, 0) is 24.3 Å². The van der Waals surface area contributed by atoms with Gasteiger partial charge in [0.1, 0.15) is 6.33 Å². The summed E-state index contributed by atoms with van der Waals surface area (Å²) in [6, 6.07) is 13.6. The van der Waals surface area contributed by atoms with Gasteiger partial charge < -0.3 is 4.90 Å². The average molecular weight is 263 g/mol. The Labute approximate surface area is 116 Å². The Kier molecular flexibility index (Phi) is 2.84. The molecule has 2 heterocycles. The molecule has 0 radical (unpaired) electrons. The highest BCUT2D eigenvalue weighted by Gasteiger charge is 2.13. The first-order valence-electron chi connectivity index (χ1n) is 6.21. The SMILES string of the molecule is CN(C)c1ccc2ncnn2c1-c1ccc(C#N)cc1. The van der Waals surface area contributed by atoms with Crippen LogP contribution in [0.1, 0.15) is 5.56 Å². The second kappa shape index (κ2) is 4.67. The molecule has 20 heavy (non-hydrogen) atoms. The quantitative estimate of drug-likeness (QED) is 0.712. The van der Waals surface area contributed by atoms with E-state index in [1.807, 2.05) is 59.9 Å². The number of pyridine rings is 1.